The largest absolute Gasteiger partial charge is 0.462 e. The summed E-state index contributed by atoms with van der Waals surface area (Å²) in [6, 6.07) is 0. The van der Waals surface area contributed by atoms with Crippen LogP contribution in [-0.2, 0) is 28.6 Å². The van der Waals surface area contributed by atoms with Gasteiger partial charge in [0.05, 0.1) is 0 Å². The monoisotopic (exact) mass is 1150 g/mol. The average Bonchev–Trinajstić information content (AvgIpc) is 3.47. The number of ether oxygens (including phenoxy) is 3. The highest BCUT2D eigenvalue weighted by molar-refractivity contribution is 5.71. The standard InChI is InChI=1S/C76H136O6/c1-4-7-10-13-16-19-22-25-28-30-31-32-33-34-35-36-37-38-39-40-41-42-43-44-45-47-48-51-54-57-60-63-66-69-75(78)81-72-73(71-80-74(77)68-65-62-59-56-53-50-27-24-21-18-15-12-9-6-3)82-76(79)70-67-64-61-58-55-52-49-46-29-26-23-20-17-14-11-8-5-2/h7,10,16,19,25,28,31-32,34-35,37-38,73H,4-6,8-9,11-15,17-18,20-24,26-27,29-30,33,36,39-72H2,1-3H3/b10-7-,19-16-,28-25-,32-31-,35-34-,38-37-. The molecule has 1 atom stereocenters. The Bertz CT molecular complexity index is 1500. The van der Waals surface area contributed by atoms with E-state index in [1.807, 2.05) is 0 Å². The van der Waals surface area contributed by atoms with E-state index in [2.05, 4.69) is 93.7 Å². The molecule has 1 unspecified atom stereocenters. The van der Waals surface area contributed by atoms with E-state index in [0.29, 0.717) is 19.3 Å². The van der Waals surface area contributed by atoms with Crippen molar-refractivity contribution in [2.24, 2.45) is 0 Å². The molecule has 0 fully saturated rings. The second-order valence-electron chi connectivity index (χ2n) is 24.1. The van der Waals surface area contributed by atoms with Gasteiger partial charge in [-0.15, -0.1) is 0 Å². The van der Waals surface area contributed by atoms with Crippen molar-refractivity contribution >= 4 is 17.9 Å². The highest BCUT2D eigenvalue weighted by atomic mass is 16.6. The van der Waals surface area contributed by atoms with Crippen LogP contribution in [0.1, 0.15) is 374 Å². The zero-order valence-corrected chi connectivity index (χ0v) is 54.8. The third-order valence-corrected chi connectivity index (χ3v) is 16.0. The first-order chi connectivity index (χ1) is 40.5. The first-order valence-electron chi connectivity index (χ1n) is 35.9. The number of allylic oxidation sites excluding steroid dienone is 12. The maximum atomic E-state index is 12.9. The molecule has 476 valence electrons. The summed E-state index contributed by atoms with van der Waals surface area (Å²) in [7, 11) is 0. The van der Waals surface area contributed by atoms with E-state index in [-0.39, 0.29) is 31.1 Å². The fourth-order valence-electron chi connectivity index (χ4n) is 10.6. The van der Waals surface area contributed by atoms with Crippen molar-refractivity contribution in [2.75, 3.05) is 13.2 Å². The SMILES string of the molecule is CC/C=C\C/C=C\C/C=C\C/C=C\C/C=C\C/C=C\CCCCCCCCCCCCCCCCC(=O)OCC(COC(=O)CCCCCCCCCCCCCCCC)OC(=O)CCCCCCCCCCCCCCCCCCC. The van der Waals surface area contributed by atoms with Gasteiger partial charge < -0.3 is 14.2 Å². The number of esters is 3. The van der Waals surface area contributed by atoms with Crippen LogP contribution in [0.3, 0.4) is 0 Å². The van der Waals surface area contributed by atoms with Gasteiger partial charge in [0.1, 0.15) is 13.2 Å². The van der Waals surface area contributed by atoms with Crippen molar-refractivity contribution in [3.63, 3.8) is 0 Å². The van der Waals surface area contributed by atoms with Crippen molar-refractivity contribution in [1.29, 1.82) is 0 Å². The second-order valence-corrected chi connectivity index (χ2v) is 24.1. The second kappa shape index (κ2) is 70.3. The maximum Gasteiger partial charge on any atom is 0.306 e. The Labute approximate surface area is 510 Å². The molecule has 6 heteroatoms. The Hall–Kier alpha value is -3.15. The minimum Gasteiger partial charge on any atom is -0.462 e. The smallest absolute Gasteiger partial charge is 0.306 e. The van der Waals surface area contributed by atoms with Gasteiger partial charge in [0.2, 0.25) is 0 Å². The molecule has 0 N–H and O–H groups in total. The zero-order valence-electron chi connectivity index (χ0n) is 54.8. The van der Waals surface area contributed by atoms with E-state index in [9.17, 15) is 14.4 Å². The Morgan fingerprint density at radius 3 is 0.744 bits per heavy atom. The van der Waals surface area contributed by atoms with E-state index in [1.54, 1.807) is 0 Å². The Morgan fingerprint density at radius 1 is 0.256 bits per heavy atom. The number of hydrogen-bond donors (Lipinski definition) is 0. The minimum atomic E-state index is -0.771. The summed E-state index contributed by atoms with van der Waals surface area (Å²) >= 11 is 0. The number of rotatable bonds is 66. The van der Waals surface area contributed by atoms with E-state index in [4.69, 9.17) is 14.2 Å². The molecular formula is C76H136O6. The molecule has 0 bridgehead atoms. The summed E-state index contributed by atoms with van der Waals surface area (Å²) in [6.07, 6.45) is 92.2. The third kappa shape index (κ3) is 67.6. The molecule has 82 heavy (non-hydrogen) atoms. The zero-order chi connectivity index (χ0) is 59.2. The number of hydrogen-bond acceptors (Lipinski definition) is 6. The molecular weight excluding hydrogens is 1010 g/mol. The lowest BCUT2D eigenvalue weighted by Crippen LogP contribution is -2.30. The molecule has 6 nitrogen and oxygen atoms in total. The first kappa shape index (κ1) is 78.8. The Kier molecular flexibility index (Phi) is 67.6. The van der Waals surface area contributed by atoms with Gasteiger partial charge >= 0.3 is 17.9 Å². The summed E-state index contributed by atoms with van der Waals surface area (Å²) < 4.78 is 17.0. The predicted molar refractivity (Wildman–Crippen MR) is 358 cm³/mol. The van der Waals surface area contributed by atoms with Gasteiger partial charge in [-0.25, -0.2) is 0 Å². The molecule has 0 aliphatic heterocycles. The summed E-state index contributed by atoms with van der Waals surface area (Å²) in [5.41, 5.74) is 0. The molecule has 0 spiro atoms. The fraction of sp³-hybridized carbons (Fsp3) is 0.803. The normalized spacial score (nSPS) is 12.5. The van der Waals surface area contributed by atoms with Crippen LogP contribution in [0.25, 0.3) is 0 Å². The van der Waals surface area contributed by atoms with Crippen LogP contribution >= 0.6 is 0 Å². The van der Waals surface area contributed by atoms with Crippen molar-refractivity contribution < 1.29 is 28.6 Å². The van der Waals surface area contributed by atoms with Gasteiger partial charge in [-0.3, -0.25) is 14.4 Å². The highest BCUT2D eigenvalue weighted by Crippen LogP contribution is 2.18. The minimum absolute atomic E-state index is 0.0676. The van der Waals surface area contributed by atoms with E-state index in [1.165, 1.54) is 238 Å². The van der Waals surface area contributed by atoms with Gasteiger partial charge in [-0.2, -0.15) is 0 Å². The Morgan fingerprint density at radius 2 is 0.476 bits per heavy atom. The van der Waals surface area contributed by atoms with Crippen LogP contribution < -0.4 is 0 Å². The molecule has 0 aromatic carbocycles. The molecule has 0 saturated carbocycles. The summed E-state index contributed by atoms with van der Waals surface area (Å²) in [4.78, 5) is 38.4. The summed E-state index contributed by atoms with van der Waals surface area (Å²) in [6.45, 7) is 6.59. The first-order valence-corrected chi connectivity index (χ1v) is 35.9. The molecule has 0 rings (SSSR count). The lowest BCUT2D eigenvalue weighted by molar-refractivity contribution is -0.167. The van der Waals surface area contributed by atoms with Gasteiger partial charge in [-0.1, -0.05) is 357 Å². The van der Waals surface area contributed by atoms with Gasteiger partial charge in [0.15, 0.2) is 6.10 Å². The highest BCUT2D eigenvalue weighted by Gasteiger charge is 2.19. The molecule has 0 aliphatic rings. The molecule has 0 heterocycles. The van der Waals surface area contributed by atoms with Gasteiger partial charge in [-0.05, 0) is 70.6 Å². The van der Waals surface area contributed by atoms with Crippen LogP contribution in [0.4, 0.5) is 0 Å². The number of carbonyl (C=O) groups is 3. The van der Waals surface area contributed by atoms with Crippen LogP contribution in [0.15, 0.2) is 72.9 Å². The molecule has 0 saturated heterocycles. The quantitative estimate of drug-likeness (QED) is 0.0261. The molecule has 0 amide bonds. The summed E-state index contributed by atoms with van der Waals surface area (Å²) in [5, 5.41) is 0. The molecule has 0 aromatic heterocycles. The molecule has 0 aliphatic carbocycles. The lowest BCUT2D eigenvalue weighted by atomic mass is 10.0. The topological polar surface area (TPSA) is 78.9 Å². The Balaban J connectivity index is 4.18. The van der Waals surface area contributed by atoms with Crippen LogP contribution in [0.5, 0.6) is 0 Å². The molecule has 0 aromatic rings. The van der Waals surface area contributed by atoms with E-state index in [0.717, 1.165) is 96.3 Å². The van der Waals surface area contributed by atoms with Crippen molar-refractivity contribution in [2.45, 2.75) is 380 Å². The lowest BCUT2D eigenvalue weighted by Gasteiger charge is -2.18. The third-order valence-electron chi connectivity index (χ3n) is 16.0. The number of carbonyl (C=O) groups excluding carboxylic acids is 3. The number of unbranched alkanes of at least 4 members (excludes halogenated alkanes) is 43. The summed E-state index contributed by atoms with van der Waals surface area (Å²) in [5.74, 6) is -0.842. The van der Waals surface area contributed by atoms with Gasteiger partial charge in [0.25, 0.3) is 0 Å². The van der Waals surface area contributed by atoms with E-state index >= 15 is 0 Å². The van der Waals surface area contributed by atoms with Crippen LogP contribution in [0.2, 0.25) is 0 Å². The predicted octanol–water partition coefficient (Wildman–Crippen LogP) is 24.8. The van der Waals surface area contributed by atoms with Crippen LogP contribution in [0, 0.1) is 0 Å². The van der Waals surface area contributed by atoms with Crippen LogP contribution in [-0.4, -0.2) is 37.2 Å². The van der Waals surface area contributed by atoms with Crippen molar-refractivity contribution in [3.05, 3.63) is 72.9 Å². The molecule has 0 radical (unpaired) electrons. The maximum absolute atomic E-state index is 12.9. The van der Waals surface area contributed by atoms with Gasteiger partial charge in [0, 0.05) is 19.3 Å². The van der Waals surface area contributed by atoms with Crippen molar-refractivity contribution in [1.82, 2.24) is 0 Å². The average molecular weight is 1150 g/mol. The van der Waals surface area contributed by atoms with E-state index < -0.39 is 6.10 Å². The van der Waals surface area contributed by atoms with Crippen molar-refractivity contribution in [3.8, 4) is 0 Å². The fourth-order valence-corrected chi connectivity index (χ4v) is 10.6.